The lowest BCUT2D eigenvalue weighted by Crippen LogP contribution is -2.56. The van der Waals surface area contributed by atoms with E-state index in [0.29, 0.717) is 24.4 Å². The maximum absolute atomic E-state index is 14.2. The van der Waals surface area contributed by atoms with E-state index in [0.717, 1.165) is 81.9 Å². The SMILES string of the molecule is COCCN[C@H]1CC[C@H](N[C@H](Cc2ccc(Cl)cc2)C(=O)N2CCC(Cn3cncn3)(C3CCCCC3)CC2)CC1. The van der Waals surface area contributed by atoms with E-state index in [9.17, 15) is 4.79 Å². The fraction of sp³-hybridized carbons (Fsp3) is 0.719. The maximum atomic E-state index is 14.2. The summed E-state index contributed by atoms with van der Waals surface area (Å²) in [6.45, 7) is 4.18. The molecule has 0 bridgehead atoms. The zero-order chi connectivity index (χ0) is 28.5. The minimum absolute atomic E-state index is 0.193. The molecular weight excluding hydrogens is 536 g/mol. The Balaban J connectivity index is 1.24. The van der Waals surface area contributed by atoms with Gasteiger partial charge < -0.3 is 20.3 Å². The maximum Gasteiger partial charge on any atom is 0.240 e. The molecule has 1 saturated heterocycles. The van der Waals surface area contributed by atoms with E-state index in [4.69, 9.17) is 16.3 Å². The zero-order valence-corrected chi connectivity index (χ0v) is 25.5. The fourth-order valence-electron chi connectivity index (χ4n) is 7.63. The second-order valence-corrected chi connectivity index (χ2v) is 13.1. The summed E-state index contributed by atoms with van der Waals surface area (Å²) in [5.41, 5.74) is 1.34. The van der Waals surface area contributed by atoms with Crippen molar-refractivity contribution in [3.05, 3.63) is 47.5 Å². The number of piperidine rings is 1. The minimum atomic E-state index is -0.225. The van der Waals surface area contributed by atoms with Gasteiger partial charge in [0.1, 0.15) is 12.7 Å². The standard InChI is InChI=1S/C32H49ClN6O2/c1-41-20-17-35-28-11-13-29(14-12-28)37-30(21-25-7-9-27(33)10-8-25)31(40)38-18-15-32(16-19-38,22-39-24-34-23-36-39)26-5-3-2-4-6-26/h7-10,23-24,26,28-30,35,37H,2-6,11-22H2,1H3/t28-,29-,30-/m1/s1. The number of carbonyl (C=O) groups excluding carboxylic acids is 1. The average molecular weight is 585 g/mol. The molecule has 9 heteroatoms. The van der Waals surface area contributed by atoms with Gasteiger partial charge in [0.15, 0.2) is 0 Å². The lowest BCUT2D eigenvalue weighted by atomic mass is 9.63. The molecule has 3 fully saturated rings. The minimum Gasteiger partial charge on any atom is -0.383 e. The fourth-order valence-corrected chi connectivity index (χ4v) is 7.75. The number of amides is 1. The molecule has 2 aliphatic carbocycles. The van der Waals surface area contributed by atoms with Crippen LogP contribution in [0, 0.1) is 11.3 Å². The molecule has 5 rings (SSSR count). The summed E-state index contributed by atoms with van der Waals surface area (Å²) in [4.78, 5) is 20.5. The molecule has 1 atom stereocenters. The first-order valence-corrected chi connectivity index (χ1v) is 16.3. The summed E-state index contributed by atoms with van der Waals surface area (Å²) in [5, 5.41) is 12.6. The van der Waals surface area contributed by atoms with Crippen molar-refractivity contribution in [1.29, 1.82) is 0 Å². The molecule has 2 saturated carbocycles. The van der Waals surface area contributed by atoms with Crippen LogP contribution in [0.2, 0.25) is 5.02 Å². The van der Waals surface area contributed by atoms with Crippen LogP contribution in [0.25, 0.3) is 0 Å². The normalized spacial score (nSPS) is 24.3. The van der Waals surface area contributed by atoms with Gasteiger partial charge in [0, 0.05) is 50.4 Å². The van der Waals surface area contributed by atoms with Gasteiger partial charge in [0.25, 0.3) is 0 Å². The van der Waals surface area contributed by atoms with Crippen molar-refractivity contribution in [2.45, 2.75) is 102 Å². The Hall–Kier alpha value is -2.00. The number of nitrogens with zero attached hydrogens (tertiary/aromatic N) is 4. The molecule has 2 heterocycles. The zero-order valence-electron chi connectivity index (χ0n) is 24.8. The molecule has 41 heavy (non-hydrogen) atoms. The topological polar surface area (TPSA) is 84.3 Å². The summed E-state index contributed by atoms with van der Waals surface area (Å²) in [5.74, 6) is 0.951. The Morgan fingerprint density at radius 3 is 2.41 bits per heavy atom. The van der Waals surface area contributed by atoms with Crippen LogP contribution in [0.15, 0.2) is 36.9 Å². The average Bonchev–Trinajstić information content (AvgIpc) is 3.52. The number of hydrogen-bond acceptors (Lipinski definition) is 6. The van der Waals surface area contributed by atoms with E-state index in [1.54, 1.807) is 13.4 Å². The number of halogens is 1. The van der Waals surface area contributed by atoms with Crippen LogP contribution in [-0.4, -0.2) is 77.0 Å². The Morgan fingerprint density at radius 2 is 1.76 bits per heavy atom. The van der Waals surface area contributed by atoms with Gasteiger partial charge in [-0.1, -0.05) is 43.0 Å². The monoisotopic (exact) mass is 584 g/mol. The smallest absolute Gasteiger partial charge is 0.240 e. The van der Waals surface area contributed by atoms with Crippen molar-refractivity contribution in [2.75, 3.05) is 33.4 Å². The van der Waals surface area contributed by atoms with Crippen LogP contribution in [0.4, 0.5) is 0 Å². The van der Waals surface area contributed by atoms with Gasteiger partial charge in [-0.05, 0) is 86.8 Å². The van der Waals surface area contributed by atoms with E-state index in [1.807, 2.05) is 23.1 Å². The molecule has 0 spiro atoms. The predicted molar refractivity (Wildman–Crippen MR) is 163 cm³/mol. The number of hydrogen-bond donors (Lipinski definition) is 2. The molecule has 0 unspecified atom stereocenters. The van der Waals surface area contributed by atoms with Crippen LogP contribution in [0.5, 0.6) is 0 Å². The van der Waals surface area contributed by atoms with Crippen molar-refractivity contribution in [3.63, 3.8) is 0 Å². The van der Waals surface area contributed by atoms with E-state index in [1.165, 1.54) is 32.1 Å². The van der Waals surface area contributed by atoms with E-state index < -0.39 is 0 Å². The number of rotatable bonds is 12. The predicted octanol–water partition coefficient (Wildman–Crippen LogP) is 4.87. The van der Waals surface area contributed by atoms with E-state index in [2.05, 4.69) is 37.7 Å². The molecule has 2 N–H and O–H groups in total. The van der Waals surface area contributed by atoms with Gasteiger partial charge in [0.05, 0.1) is 12.6 Å². The van der Waals surface area contributed by atoms with Gasteiger partial charge in [-0.3, -0.25) is 9.48 Å². The largest absolute Gasteiger partial charge is 0.383 e. The molecule has 8 nitrogen and oxygen atoms in total. The Morgan fingerprint density at radius 1 is 1.05 bits per heavy atom. The highest BCUT2D eigenvalue weighted by Crippen LogP contribution is 2.47. The van der Waals surface area contributed by atoms with Crippen LogP contribution < -0.4 is 10.6 Å². The summed E-state index contributed by atoms with van der Waals surface area (Å²) >= 11 is 6.17. The third kappa shape index (κ3) is 8.31. The molecule has 1 aromatic carbocycles. The Bertz CT molecular complexity index is 1040. The van der Waals surface area contributed by atoms with Crippen LogP contribution in [-0.2, 0) is 22.5 Å². The number of aromatic nitrogens is 3. The molecule has 2 aromatic rings. The number of nitrogens with one attached hydrogen (secondary N) is 2. The van der Waals surface area contributed by atoms with Crippen LogP contribution in [0.1, 0.15) is 76.2 Å². The quantitative estimate of drug-likeness (QED) is 0.346. The van der Waals surface area contributed by atoms with Gasteiger partial charge in [-0.25, -0.2) is 4.98 Å². The molecule has 1 aliphatic heterocycles. The first-order valence-electron chi connectivity index (χ1n) is 15.9. The summed E-state index contributed by atoms with van der Waals surface area (Å²) < 4.78 is 7.22. The first-order chi connectivity index (χ1) is 20.0. The number of likely N-dealkylation sites (tertiary alicyclic amines) is 1. The third-order valence-electron chi connectivity index (χ3n) is 10.0. The van der Waals surface area contributed by atoms with E-state index >= 15 is 0 Å². The highest BCUT2D eigenvalue weighted by molar-refractivity contribution is 6.30. The highest BCUT2D eigenvalue weighted by Gasteiger charge is 2.44. The van der Waals surface area contributed by atoms with E-state index in [-0.39, 0.29) is 17.4 Å². The Kier molecular flexibility index (Phi) is 11.1. The first kappa shape index (κ1) is 30.5. The number of ether oxygens (including phenoxy) is 1. The van der Waals surface area contributed by atoms with Gasteiger partial charge in [-0.15, -0.1) is 0 Å². The van der Waals surface area contributed by atoms with Crippen molar-refractivity contribution in [3.8, 4) is 0 Å². The second kappa shape index (κ2) is 14.9. The second-order valence-electron chi connectivity index (χ2n) is 12.7. The lowest BCUT2D eigenvalue weighted by Gasteiger charge is -2.48. The van der Waals surface area contributed by atoms with Crippen molar-refractivity contribution in [2.24, 2.45) is 11.3 Å². The number of carbonyl (C=O) groups is 1. The Labute approximate surface area is 250 Å². The van der Waals surface area contributed by atoms with Crippen molar-refractivity contribution >= 4 is 17.5 Å². The molecular formula is C32H49ClN6O2. The highest BCUT2D eigenvalue weighted by atomic mass is 35.5. The van der Waals surface area contributed by atoms with Gasteiger partial charge in [-0.2, -0.15) is 5.10 Å². The van der Waals surface area contributed by atoms with Crippen LogP contribution >= 0.6 is 11.6 Å². The van der Waals surface area contributed by atoms with Crippen LogP contribution in [0.3, 0.4) is 0 Å². The summed E-state index contributed by atoms with van der Waals surface area (Å²) in [6.07, 6.45) is 17.3. The molecule has 226 valence electrons. The van der Waals surface area contributed by atoms with Gasteiger partial charge >= 0.3 is 0 Å². The third-order valence-corrected chi connectivity index (χ3v) is 10.3. The molecule has 1 amide bonds. The molecule has 0 radical (unpaired) electrons. The summed E-state index contributed by atoms with van der Waals surface area (Å²) in [7, 11) is 1.75. The van der Waals surface area contributed by atoms with Gasteiger partial charge in [0.2, 0.25) is 5.91 Å². The number of benzene rings is 1. The molecule has 3 aliphatic rings. The van der Waals surface area contributed by atoms with Crippen molar-refractivity contribution in [1.82, 2.24) is 30.3 Å². The lowest BCUT2D eigenvalue weighted by molar-refractivity contribution is -0.137. The van der Waals surface area contributed by atoms with Crippen molar-refractivity contribution < 1.29 is 9.53 Å². The number of methoxy groups -OCH3 is 1. The summed E-state index contributed by atoms with van der Waals surface area (Å²) in [6, 6.07) is 8.64. The molecule has 1 aromatic heterocycles.